The van der Waals surface area contributed by atoms with Crippen LogP contribution in [0.15, 0.2) is 54.6 Å². The fraction of sp³-hybridized carbons (Fsp3) is 0.360. The second-order valence-corrected chi connectivity index (χ2v) is 8.84. The summed E-state index contributed by atoms with van der Waals surface area (Å²) in [7, 11) is 1.51. The number of likely N-dealkylation sites (N-methyl/N-ethyl adjacent to an activating group) is 1. The molecular formula is C25H27N3O6. The van der Waals surface area contributed by atoms with Crippen molar-refractivity contribution in [1.82, 2.24) is 4.90 Å². The SMILES string of the molecule is C[C@H](/C=C/CC(=O)N1Cc2ccccc2C[C@H]1CO)[C@@]1(O)C(=O)N(C)c2ccc([N+](=O)[O-])cc21. The van der Waals surface area contributed by atoms with Gasteiger partial charge in [-0.15, -0.1) is 0 Å². The van der Waals surface area contributed by atoms with Crippen LogP contribution in [0.1, 0.15) is 30.0 Å². The van der Waals surface area contributed by atoms with Gasteiger partial charge < -0.3 is 20.0 Å². The molecule has 2 amide bonds. The lowest BCUT2D eigenvalue weighted by Crippen LogP contribution is -2.46. The van der Waals surface area contributed by atoms with Gasteiger partial charge in [0.25, 0.3) is 11.6 Å². The molecule has 2 aliphatic rings. The zero-order valence-corrected chi connectivity index (χ0v) is 19.0. The third-order valence-corrected chi connectivity index (χ3v) is 6.86. The van der Waals surface area contributed by atoms with E-state index in [0.717, 1.165) is 11.1 Å². The standard InChI is InChI=1S/C25H27N3O6/c1-16(25(32)21-13-19(28(33)34)10-11-22(21)26(2)24(25)31)6-5-9-23(30)27-14-18-8-4-3-7-17(18)12-20(27)15-29/h3-8,10-11,13,16,20,29,32H,9,12,14-15H2,1-2H3/b6-5+/t16-,20+,25+/m1/s1. The van der Waals surface area contributed by atoms with Gasteiger partial charge in [-0.2, -0.15) is 0 Å². The van der Waals surface area contributed by atoms with Crippen LogP contribution in [0.4, 0.5) is 11.4 Å². The predicted octanol–water partition coefficient (Wildman–Crippen LogP) is 2.29. The molecule has 2 aromatic carbocycles. The van der Waals surface area contributed by atoms with Gasteiger partial charge in [-0.25, -0.2) is 0 Å². The molecule has 34 heavy (non-hydrogen) atoms. The van der Waals surface area contributed by atoms with Gasteiger partial charge >= 0.3 is 0 Å². The van der Waals surface area contributed by atoms with Crippen LogP contribution in [0.2, 0.25) is 0 Å². The summed E-state index contributed by atoms with van der Waals surface area (Å²) in [5.41, 5.74) is 0.552. The fourth-order valence-corrected chi connectivity index (χ4v) is 4.83. The summed E-state index contributed by atoms with van der Waals surface area (Å²) in [4.78, 5) is 39.4. The van der Waals surface area contributed by atoms with E-state index >= 15 is 0 Å². The number of aliphatic hydroxyl groups is 2. The first-order valence-corrected chi connectivity index (χ1v) is 11.1. The smallest absolute Gasteiger partial charge is 0.269 e. The molecule has 0 spiro atoms. The number of hydrogen-bond donors (Lipinski definition) is 2. The number of anilines is 1. The number of rotatable bonds is 6. The van der Waals surface area contributed by atoms with Crippen LogP contribution in [0.5, 0.6) is 0 Å². The van der Waals surface area contributed by atoms with E-state index in [1.807, 2.05) is 24.3 Å². The number of nitro benzene ring substituents is 1. The summed E-state index contributed by atoms with van der Waals surface area (Å²) >= 11 is 0. The Morgan fingerprint density at radius 1 is 1.29 bits per heavy atom. The first-order chi connectivity index (χ1) is 16.2. The van der Waals surface area contributed by atoms with Crippen LogP contribution in [0.25, 0.3) is 0 Å². The number of hydrogen-bond acceptors (Lipinski definition) is 6. The molecule has 0 bridgehead atoms. The maximum Gasteiger partial charge on any atom is 0.269 e. The molecule has 0 aromatic heterocycles. The summed E-state index contributed by atoms with van der Waals surface area (Å²) in [5.74, 6) is -1.50. The number of nitrogens with zero attached hydrogens (tertiary/aromatic N) is 3. The fourth-order valence-electron chi connectivity index (χ4n) is 4.83. The number of amides is 2. The molecule has 0 radical (unpaired) electrons. The third kappa shape index (κ3) is 3.86. The van der Waals surface area contributed by atoms with Crippen molar-refractivity contribution in [1.29, 1.82) is 0 Å². The largest absolute Gasteiger partial charge is 0.394 e. The Hall–Kier alpha value is -3.56. The second-order valence-electron chi connectivity index (χ2n) is 8.84. The normalized spacial score (nSPS) is 22.6. The maximum absolute atomic E-state index is 12.9. The average molecular weight is 466 g/mol. The molecule has 9 heteroatoms. The zero-order valence-electron chi connectivity index (χ0n) is 19.0. The number of nitro groups is 1. The minimum atomic E-state index is -1.98. The zero-order chi connectivity index (χ0) is 24.6. The molecule has 4 rings (SSSR count). The van der Waals surface area contributed by atoms with Crippen molar-refractivity contribution < 1.29 is 24.7 Å². The minimum absolute atomic E-state index is 0.0327. The highest BCUT2D eigenvalue weighted by Gasteiger charge is 2.52. The van der Waals surface area contributed by atoms with Gasteiger partial charge in [0.05, 0.1) is 23.3 Å². The van der Waals surface area contributed by atoms with Gasteiger partial charge in [0.1, 0.15) is 0 Å². The van der Waals surface area contributed by atoms with E-state index in [9.17, 15) is 29.9 Å². The highest BCUT2D eigenvalue weighted by atomic mass is 16.6. The topological polar surface area (TPSA) is 124 Å². The number of benzene rings is 2. The van der Waals surface area contributed by atoms with E-state index in [1.165, 1.54) is 30.1 Å². The average Bonchev–Trinajstić information content (AvgIpc) is 3.04. The summed E-state index contributed by atoms with van der Waals surface area (Å²) < 4.78 is 0. The Labute approximate surface area is 197 Å². The summed E-state index contributed by atoms with van der Waals surface area (Å²) in [6.45, 7) is 1.90. The van der Waals surface area contributed by atoms with Crippen molar-refractivity contribution in [3.05, 3.63) is 81.4 Å². The Bertz CT molecular complexity index is 1180. The van der Waals surface area contributed by atoms with Gasteiger partial charge in [-0.05, 0) is 23.6 Å². The van der Waals surface area contributed by atoms with Crippen molar-refractivity contribution in [2.75, 3.05) is 18.6 Å². The molecule has 0 saturated carbocycles. The molecule has 2 aromatic rings. The second kappa shape index (κ2) is 9.00. The Morgan fingerprint density at radius 3 is 2.68 bits per heavy atom. The van der Waals surface area contributed by atoms with E-state index in [4.69, 9.17) is 0 Å². The van der Waals surface area contributed by atoms with Crippen LogP contribution < -0.4 is 4.90 Å². The van der Waals surface area contributed by atoms with Crippen LogP contribution >= 0.6 is 0 Å². The molecule has 178 valence electrons. The van der Waals surface area contributed by atoms with Gasteiger partial charge in [0.15, 0.2) is 5.60 Å². The van der Waals surface area contributed by atoms with Crippen molar-refractivity contribution >= 4 is 23.2 Å². The first kappa shape index (κ1) is 23.6. The molecule has 3 atom stereocenters. The Balaban J connectivity index is 1.51. The quantitative estimate of drug-likeness (QED) is 0.383. The molecule has 2 N–H and O–H groups in total. The van der Waals surface area contributed by atoms with E-state index in [0.29, 0.717) is 18.7 Å². The van der Waals surface area contributed by atoms with Gasteiger partial charge in [-0.3, -0.25) is 19.7 Å². The lowest BCUT2D eigenvalue weighted by Gasteiger charge is -2.36. The lowest BCUT2D eigenvalue weighted by atomic mass is 9.82. The summed E-state index contributed by atoms with van der Waals surface area (Å²) in [5, 5.41) is 32.4. The first-order valence-electron chi connectivity index (χ1n) is 11.1. The number of carbonyl (C=O) groups excluding carboxylic acids is 2. The molecular weight excluding hydrogens is 438 g/mol. The van der Waals surface area contributed by atoms with Crippen molar-refractivity contribution in [2.24, 2.45) is 5.92 Å². The summed E-state index contributed by atoms with van der Waals surface area (Å²) in [6, 6.07) is 11.5. The molecule has 0 unspecified atom stereocenters. The molecule has 0 aliphatic carbocycles. The van der Waals surface area contributed by atoms with Crippen molar-refractivity contribution in [2.45, 2.75) is 38.0 Å². The molecule has 0 fully saturated rings. The van der Waals surface area contributed by atoms with E-state index in [2.05, 4.69) is 0 Å². The Morgan fingerprint density at radius 2 is 2.00 bits per heavy atom. The molecule has 2 heterocycles. The highest BCUT2D eigenvalue weighted by Crippen LogP contribution is 2.45. The van der Waals surface area contributed by atoms with E-state index < -0.39 is 22.3 Å². The predicted molar refractivity (Wildman–Crippen MR) is 125 cm³/mol. The monoisotopic (exact) mass is 465 g/mol. The number of fused-ring (bicyclic) bond motifs is 2. The molecule has 9 nitrogen and oxygen atoms in total. The number of non-ortho nitro benzene ring substituents is 1. The van der Waals surface area contributed by atoms with Crippen molar-refractivity contribution in [3.63, 3.8) is 0 Å². The van der Waals surface area contributed by atoms with Crippen LogP contribution in [-0.4, -0.2) is 51.5 Å². The maximum atomic E-state index is 12.9. The van der Waals surface area contributed by atoms with Crippen LogP contribution in [-0.2, 0) is 28.2 Å². The van der Waals surface area contributed by atoms with Crippen LogP contribution in [0.3, 0.4) is 0 Å². The third-order valence-electron chi connectivity index (χ3n) is 6.86. The van der Waals surface area contributed by atoms with Gasteiger partial charge in [-0.1, -0.05) is 43.3 Å². The number of aliphatic hydroxyl groups excluding tert-OH is 1. The highest BCUT2D eigenvalue weighted by molar-refractivity contribution is 6.07. The minimum Gasteiger partial charge on any atom is -0.394 e. The lowest BCUT2D eigenvalue weighted by molar-refractivity contribution is -0.385. The van der Waals surface area contributed by atoms with E-state index in [1.54, 1.807) is 24.0 Å². The number of carbonyl (C=O) groups is 2. The van der Waals surface area contributed by atoms with Crippen molar-refractivity contribution in [3.8, 4) is 0 Å². The van der Waals surface area contributed by atoms with E-state index in [-0.39, 0.29) is 36.2 Å². The molecule has 0 saturated heterocycles. The Kier molecular flexibility index (Phi) is 6.24. The van der Waals surface area contributed by atoms with Crippen LogP contribution in [0, 0.1) is 16.0 Å². The van der Waals surface area contributed by atoms with Gasteiger partial charge in [0, 0.05) is 43.6 Å². The molecule has 2 aliphatic heterocycles. The summed E-state index contributed by atoms with van der Waals surface area (Å²) in [6.07, 6.45) is 3.80. The van der Waals surface area contributed by atoms with Gasteiger partial charge in [0.2, 0.25) is 5.91 Å².